The highest BCUT2D eigenvalue weighted by Gasteiger charge is 2.13. The summed E-state index contributed by atoms with van der Waals surface area (Å²) in [6.07, 6.45) is 1.02. The van der Waals surface area contributed by atoms with E-state index in [-0.39, 0.29) is 0 Å². The van der Waals surface area contributed by atoms with Crippen molar-refractivity contribution in [2.45, 2.75) is 20.3 Å². The van der Waals surface area contributed by atoms with Crippen LogP contribution in [0.1, 0.15) is 30.6 Å². The van der Waals surface area contributed by atoms with E-state index in [4.69, 9.17) is 5.11 Å². The SMILES string of the molecule is CC(C)CCNc1cccc(Br)c1C(=O)O. The predicted octanol–water partition coefficient (Wildman–Crippen LogP) is 3.61. The molecule has 0 heterocycles. The van der Waals surface area contributed by atoms with Gasteiger partial charge in [0.25, 0.3) is 0 Å². The fourth-order valence-electron chi connectivity index (χ4n) is 1.38. The van der Waals surface area contributed by atoms with E-state index in [9.17, 15) is 4.79 Å². The zero-order chi connectivity index (χ0) is 12.1. The molecule has 0 saturated carbocycles. The van der Waals surface area contributed by atoms with Gasteiger partial charge in [0.15, 0.2) is 0 Å². The van der Waals surface area contributed by atoms with Gasteiger partial charge in [-0.25, -0.2) is 4.79 Å². The second-order valence-electron chi connectivity index (χ2n) is 4.08. The van der Waals surface area contributed by atoms with Gasteiger partial charge in [0.2, 0.25) is 0 Å². The Bertz CT molecular complexity index is 377. The zero-order valence-electron chi connectivity index (χ0n) is 9.46. The molecule has 0 radical (unpaired) electrons. The Kier molecular flexibility index (Phi) is 4.80. The minimum absolute atomic E-state index is 0.297. The molecule has 0 aliphatic rings. The van der Waals surface area contributed by atoms with Gasteiger partial charge in [-0.3, -0.25) is 0 Å². The number of hydrogen-bond donors (Lipinski definition) is 2. The fraction of sp³-hybridized carbons (Fsp3) is 0.417. The number of carboxylic acids is 1. The summed E-state index contributed by atoms with van der Waals surface area (Å²) in [7, 11) is 0. The number of hydrogen-bond acceptors (Lipinski definition) is 2. The molecule has 0 aliphatic heterocycles. The molecule has 88 valence electrons. The number of rotatable bonds is 5. The van der Waals surface area contributed by atoms with Gasteiger partial charge in [0.1, 0.15) is 0 Å². The molecule has 1 aromatic carbocycles. The first-order valence-electron chi connectivity index (χ1n) is 5.28. The summed E-state index contributed by atoms with van der Waals surface area (Å²) in [4.78, 5) is 11.1. The zero-order valence-corrected chi connectivity index (χ0v) is 11.0. The fourth-order valence-corrected chi connectivity index (χ4v) is 1.92. The van der Waals surface area contributed by atoms with E-state index in [1.54, 1.807) is 12.1 Å². The van der Waals surface area contributed by atoms with Gasteiger partial charge in [-0.15, -0.1) is 0 Å². The van der Waals surface area contributed by atoms with Crippen molar-refractivity contribution in [1.29, 1.82) is 0 Å². The van der Waals surface area contributed by atoms with Gasteiger partial charge in [-0.2, -0.15) is 0 Å². The first-order valence-corrected chi connectivity index (χ1v) is 6.07. The summed E-state index contributed by atoms with van der Waals surface area (Å²) in [5, 5.41) is 12.2. The minimum atomic E-state index is -0.917. The molecule has 4 heteroatoms. The Hall–Kier alpha value is -1.03. The second-order valence-corrected chi connectivity index (χ2v) is 4.93. The first-order chi connectivity index (χ1) is 7.52. The number of carbonyl (C=O) groups is 1. The summed E-state index contributed by atoms with van der Waals surface area (Å²) >= 11 is 3.25. The van der Waals surface area contributed by atoms with Crippen molar-refractivity contribution in [3.05, 3.63) is 28.2 Å². The third-order valence-electron chi connectivity index (χ3n) is 2.26. The number of anilines is 1. The van der Waals surface area contributed by atoms with Crippen LogP contribution < -0.4 is 5.32 Å². The Morgan fingerprint density at radius 2 is 2.19 bits per heavy atom. The molecular formula is C12H16BrNO2. The average molecular weight is 286 g/mol. The maximum Gasteiger partial charge on any atom is 0.338 e. The lowest BCUT2D eigenvalue weighted by Crippen LogP contribution is -2.09. The van der Waals surface area contributed by atoms with Gasteiger partial charge in [0, 0.05) is 16.7 Å². The minimum Gasteiger partial charge on any atom is -0.478 e. The van der Waals surface area contributed by atoms with E-state index in [1.165, 1.54) is 0 Å². The summed E-state index contributed by atoms with van der Waals surface area (Å²) in [5.74, 6) is -0.313. The van der Waals surface area contributed by atoms with E-state index in [1.807, 2.05) is 6.07 Å². The van der Waals surface area contributed by atoms with Crippen molar-refractivity contribution >= 4 is 27.6 Å². The molecule has 2 N–H and O–H groups in total. The molecule has 0 spiro atoms. The highest BCUT2D eigenvalue weighted by atomic mass is 79.9. The van der Waals surface area contributed by atoms with Crippen molar-refractivity contribution in [3.63, 3.8) is 0 Å². The number of halogens is 1. The largest absolute Gasteiger partial charge is 0.478 e. The predicted molar refractivity (Wildman–Crippen MR) is 69.0 cm³/mol. The topological polar surface area (TPSA) is 49.3 Å². The van der Waals surface area contributed by atoms with Gasteiger partial charge < -0.3 is 10.4 Å². The number of nitrogens with one attached hydrogen (secondary N) is 1. The molecule has 0 aliphatic carbocycles. The summed E-state index contributed by atoms with van der Waals surface area (Å²) in [6.45, 7) is 5.07. The van der Waals surface area contributed by atoms with Gasteiger partial charge in [-0.1, -0.05) is 19.9 Å². The van der Waals surface area contributed by atoms with Crippen LogP contribution in [0.3, 0.4) is 0 Å². The summed E-state index contributed by atoms with van der Waals surface area (Å²) in [5.41, 5.74) is 0.966. The molecule has 0 saturated heterocycles. The third-order valence-corrected chi connectivity index (χ3v) is 2.93. The Morgan fingerprint density at radius 3 is 2.75 bits per heavy atom. The van der Waals surface area contributed by atoms with Crippen LogP contribution in [-0.4, -0.2) is 17.6 Å². The van der Waals surface area contributed by atoms with Crippen LogP contribution >= 0.6 is 15.9 Å². The van der Waals surface area contributed by atoms with E-state index < -0.39 is 5.97 Å². The van der Waals surface area contributed by atoms with E-state index >= 15 is 0 Å². The molecule has 0 fully saturated rings. The Morgan fingerprint density at radius 1 is 1.50 bits per heavy atom. The second kappa shape index (κ2) is 5.89. The highest BCUT2D eigenvalue weighted by molar-refractivity contribution is 9.10. The van der Waals surface area contributed by atoms with Crippen LogP contribution in [0.4, 0.5) is 5.69 Å². The van der Waals surface area contributed by atoms with Gasteiger partial charge in [-0.05, 0) is 40.4 Å². The molecule has 0 bridgehead atoms. The highest BCUT2D eigenvalue weighted by Crippen LogP contribution is 2.24. The monoisotopic (exact) mass is 285 g/mol. The van der Waals surface area contributed by atoms with Crippen molar-refractivity contribution < 1.29 is 9.90 Å². The van der Waals surface area contributed by atoms with Crippen LogP contribution in [0.15, 0.2) is 22.7 Å². The Labute approximate surface area is 104 Å². The van der Waals surface area contributed by atoms with E-state index in [0.29, 0.717) is 21.6 Å². The lowest BCUT2D eigenvalue weighted by atomic mass is 10.1. The quantitative estimate of drug-likeness (QED) is 0.869. The number of benzene rings is 1. The third kappa shape index (κ3) is 3.52. The molecule has 3 nitrogen and oxygen atoms in total. The number of aromatic carboxylic acids is 1. The normalized spacial score (nSPS) is 10.5. The van der Waals surface area contributed by atoms with Crippen LogP contribution in [-0.2, 0) is 0 Å². The summed E-state index contributed by atoms with van der Waals surface area (Å²) < 4.78 is 0.606. The lowest BCUT2D eigenvalue weighted by Gasteiger charge is -2.11. The number of carboxylic acid groups (broad SMARTS) is 1. The molecular weight excluding hydrogens is 270 g/mol. The van der Waals surface area contributed by atoms with Gasteiger partial charge >= 0.3 is 5.97 Å². The first kappa shape index (κ1) is 13.0. The molecule has 1 rings (SSSR count). The molecule has 0 amide bonds. The smallest absolute Gasteiger partial charge is 0.338 e. The average Bonchev–Trinajstić information content (AvgIpc) is 2.16. The molecule has 0 unspecified atom stereocenters. The maximum absolute atomic E-state index is 11.1. The molecule has 16 heavy (non-hydrogen) atoms. The van der Waals surface area contributed by atoms with Crippen LogP contribution in [0, 0.1) is 5.92 Å². The molecule has 0 atom stereocenters. The van der Waals surface area contributed by atoms with Crippen molar-refractivity contribution in [3.8, 4) is 0 Å². The van der Waals surface area contributed by atoms with Gasteiger partial charge in [0.05, 0.1) is 5.56 Å². The standard InChI is InChI=1S/C12H16BrNO2/c1-8(2)6-7-14-10-5-3-4-9(13)11(10)12(15)16/h3-5,8,14H,6-7H2,1-2H3,(H,15,16). The van der Waals surface area contributed by atoms with Crippen molar-refractivity contribution in [2.24, 2.45) is 5.92 Å². The van der Waals surface area contributed by atoms with Crippen LogP contribution in [0.25, 0.3) is 0 Å². The molecule has 1 aromatic rings. The Balaban J connectivity index is 2.79. The van der Waals surface area contributed by atoms with E-state index in [2.05, 4.69) is 35.1 Å². The lowest BCUT2D eigenvalue weighted by molar-refractivity contribution is 0.0697. The maximum atomic E-state index is 11.1. The van der Waals surface area contributed by atoms with Crippen LogP contribution in [0.5, 0.6) is 0 Å². The summed E-state index contributed by atoms with van der Waals surface area (Å²) in [6, 6.07) is 5.35. The van der Waals surface area contributed by atoms with Crippen LogP contribution in [0.2, 0.25) is 0 Å². The van der Waals surface area contributed by atoms with Crippen molar-refractivity contribution in [2.75, 3.05) is 11.9 Å². The van der Waals surface area contributed by atoms with E-state index in [0.717, 1.165) is 13.0 Å². The van der Waals surface area contributed by atoms with Crippen molar-refractivity contribution in [1.82, 2.24) is 0 Å². The molecule has 0 aromatic heterocycles.